The first kappa shape index (κ1) is 30.8. The first-order chi connectivity index (χ1) is 19.1. The predicted octanol–water partition coefficient (Wildman–Crippen LogP) is 2.79. The largest absolute Gasteiger partial charge is 0.479 e. The molecule has 2 aromatic rings. The third-order valence-electron chi connectivity index (χ3n) is 7.27. The lowest BCUT2D eigenvalue weighted by atomic mass is 9.94. The summed E-state index contributed by atoms with van der Waals surface area (Å²) in [6.45, 7) is 9.13. The minimum absolute atomic E-state index is 0.0644. The van der Waals surface area contributed by atoms with Crippen LogP contribution in [0.5, 0.6) is 5.75 Å². The van der Waals surface area contributed by atoms with Crippen LogP contribution in [-0.2, 0) is 19.6 Å². The van der Waals surface area contributed by atoms with Crippen LogP contribution in [0.15, 0.2) is 53.4 Å². The minimum Gasteiger partial charge on any atom is -0.479 e. The number of rotatable bonds is 8. The Morgan fingerprint density at radius 3 is 2.15 bits per heavy atom. The summed E-state index contributed by atoms with van der Waals surface area (Å²) in [7, 11) is -2.59. The molecule has 0 radical (unpaired) electrons. The van der Waals surface area contributed by atoms with Crippen molar-refractivity contribution in [2.24, 2.45) is 0 Å². The molecule has 2 aromatic carbocycles. The maximum atomic E-state index is 14.1. The molecule has 2 atom stereocenters. The highest BCUT2D eigenvalue weighted by molar-refractivity contribution is 8.01. The van der Waals surface area contributed by atoms with Crippen molar-refractivity contribution in [3.05, 3.63) is 54.1 Å². The summed E-state index contributed by atoms with van der Waals surface area (Å²) >= 11 is 1.23. The van der Waals surface area contributed by atoms with E-state index < -0.39 is 44.3 Å². The van der Waals surface area contributed by atoms with E-state index >= 15 is 0 Å². The molecule has 4 rings (SSSR count). The fraction of sp³-hybridized carbons (Fsp3) is 0.464. The number of ether oxygens (including phenoxy) is 1. The highest BCUT2D eigenvalue weighted by Crippen LogP contribution is 2.37. The summed E-state index contributed by atoms with van der Waals surface area (Å²) in [5.74, 6) is -1.72. The van der Waals surface area contributed by atoms with Crippen LogP contribution in [0.3, 0.4) is 0 Å². The van der Waals surface area contributed by atoms with Crippen LogP contribution in [-0.4, -0.2) is 96.6 Å². The second kappa shape index (κ2) is 11.6. The number of nitrogens with zero attached hydrogens (tertiary/aromatic N) is 3. The molecule has 0 aromatic heterocycles. The number of carbonyl (C=O) groups is 3. The number of thioether (sulfide) groups is 1. The molecule has 41 heavy (non-hydrogen) atoms. The topological polar surface area (TPSA) is 137 Å². The zero-order chi connectivity index (χ0) is 30.2. The lowest BCUT2D eigenvalue weighted by Crippen LogP contribution is -2.64. The second-order valence-corrected chi connectivity index (χ2v) is 14.1. The Kier molecular flexibility index (Phi) is 8.74. The van der Waals surface area contributed by atoms with E-state index in [0.29, 0.717) is 36.2 Å². The maximum Gasteiger partial charge on any atom is 0.415 e. The van der Waals surface area contributed by atoms with Gasteiger partial charge < -0.3 is 19.6 Å². The lowest BCUT2D eigenvalue weighted by molar-refractivity contribution is -0.147. The number of carbonyl (C=O) groups excluding carboxylic acids is 2. The third kappa shape index (κ3) is 6.37. The molecule has 0 aliphatic carbocycles. The van der Waals surface area contributed by atoms with E-state index in [1.54, 1.807) is 24.0 Å². The van der Waals surface area contributed by atoms with Crippen LogP contribution in [0.1, 0.15) is 26.3 Å². The molecule has 1 amide bonds. The van der Waals surface area contributed by atoms with Crippen LogP contribution in [0.2, 0.25) is 0 Å². The number of Topliss-reactive ketones (excluding diaryl/α,β-unsaturated/α-hetero) is 1. The number of hydrogen-bond donors (Lipinski definition) is 2. The summed E-state index contributed by atoms with van der Waals surface area (Å²) < 4.78 is 34.4. The molecular formula is C28H36N4O7S2. The Labute approximate surface area is 244 Å². The van der Waals surface area contributed by atoms with E-state index in [1.807, 2.05) is 20.9 Å². The van der Waals surface area contributed by atoms with Crippen molar-refractivity contribution >= 4 is 45.3 Å². The van der Waals surface area contributed by atoms with Gasteiger partial charge in [0.1, 0.15) is 11.1 Å². The Morgan fingerprint density at radius 2 is 1.63 bits per heavy atom. The van der Waals surface area contributed by atoms with Gasteiger partial charge in [-0.25, -0.2) is 22.3 Å². The molecule has 2 heterocycles. The van der Waals surface area contributed by atoms with Gasteiger partial charge in [0.05, 0.1) is 10.6 Å². The summed E-state index contributed by atoms with van der Waals surface area (Å²) in [6.07, 6.45) is -0.535. The number of carboxylic acids is 1. The molecule has 2 saturated heterocycles. The van der Waals surface area contributed by atoms with Gasteiger partial charge in [0.15, 0.2) is 5.78 Å². The summed E-state index contributed by atoms with van der Waals surface area (Å²) in [4.78, 5) is 43.0. The van der Waals surface area contributed by atoms with Crippen molar-refractivity contribution < 1.29 is 32.6 Å². The molecular weight excluding hydrogens is 568 g/mol. The SMILES string of the molecule is Cc1ccc(S(=O)(=O)N(c2ccc(OC(=O)N3CCN(C)CC3)cc2)[C@@](C)(C(=O)O)C(=O)[C@H]2NC(C)(C)CS2)cc1. The van der Waals surface area contributed by atoms with Crippen LogP contribution in [0.4, 0.5) is 10.5 Å². The fourth-order valence-electron chi connectivity index (χ4n) is 4.68. The second-order valence-electron chi connectivity index (χ2n) is 11.2. The highest BCUT2D eigenvalue weighted by Gasteiger charge is 2.56. The average molecular weight is 605 g/mol. The number of benzene rings is 2. The number of piperazine rings is 1. The van der Waals surface area contributed by atoms with Crippen molar-refractivity contribution in [2.75, 3.05) is 43.3 Å². The number of likely N-dealkylation sites (N-methyl/N-ethyl adjacent to an activating group) is 1. The van der Waals surface area contributed by atoms with Gasteiger partial charge >= 0.3 is 12.1 Å². The van der Waals surface area contributed by atoms with Gasteiger partial charge in [-0.2, -0.15) is 0 Å². The van der Waals surface area contributed by atoms with Crippen molar-refractivity contribution in [2.45, 2.75) is 49.0 Å². The predicted molar refractivity (Wildman–Crippen MR) is 157 cm³/mol. The minimum atomic E-state index is -4.56. The van der Waals surface area contributed by atoms with Crippen molar-refractivity contribution in [1.82, 2.24) is 15.1 Å². The average Bonchev–Trinajstić information content (AvgIpc) is 3.29. The molecule has 11 nitrogen and oxygen atoms in total. The highest BCUT2D eigenvalue weighted by atomic mass is 32.2. The molecule has 2 aliphatic heterocycles. The van der Waals surface area contributed by atoms with Crippen LogP contribution >= 0.6 is 11.8 Å². The van der Waals surface area contributed by atoms with Gasteiger partial charge in [-0.1, -0.05) is 17.7 Å². The monoisotopic (exact) mass is 604 g/mol. The molecule has 0 saturated carbocycles. The Bertz CT molecular complexity index is 1410. The molecule has 0 bridgehead atoms. The fourth-order valence-corrected chi connectivity index (χ4v) is 7.86. The number of aliphatic carboxylic acids is 1. The number of aryl methyl sites for hydroxylation is 1. The Hall–Kier alpha value is -3.13. The van der Waals surface area contributed by atoms with Crippen molar-refractivity contribution in [3.63, 3.8) is 0 Å². The van der Waals surface area contributed by atoms with Gasteiger partial charge in [0, 0.05) is 37.5 Å². The standard InChI is InChI=1S/C28H36N4O7S2/c1-19-6-12-22(13-7-19)41(37,38)32(28(4,25(34)35)23(33)24-29-27(2,3)18-40-24)20-8-10-21(11-9-20)39-26(36)31-16-14-30(5)15-17-31/h6-13,24,29H,14-18H2,1-5H3,(H,34,35)/t24-,28+/m0/s1. The quantitative estimate of drug-likeness (QED) is 0.433. The number of ketones is 1. The zero-order valence-corrected chi connectivity index (χ0v) is 25.4. The van der Waals surface area contributed by atoms with E-state index in [0.717, 1.165) is 12.5 Å². The van der Waals surface area contributed by atoms with Crippen LogP contribution in [0, 0.1) is 6.92 Å². The third-order valence-corrected chi connectivity index (χ3v) is 10.7. The number of carboxylic acid groups (broad SMARTS) is 1. The number of hydrogen-bond acceptors (Lipinski definition) is 9. The van der Waals surface area contributed by atoms with Gasteiger partial charge in [-0.3, -0.25) is 10.1 Å². The van der Waals surface area contributed by atoms with Crippen LogP contribution in [0.25, 0.3) is 0 Å². The number of nitrogens with one attached hydrogen (secondary N) is 1. The van der Waals surface area contributed by atoms with Gasteiger partial charge in [-0.05, 0) is 71.1 Å². The molecule has 222 valence electrons. The first-order valence-corrected chi connectivity index (χ1v) is 15.7. The summed E-state index contributed by atoms with van der Waals surface area (Å²) in [6, 6.07) is 11.4. The summed E-state index contributed by atoms with van der Waals surface area (Å²) in [5.41, 5.74) is -2.20. The molecule has 0 spiro atoms. The van der Waals surface area contributed by atoms with E-state index in [4.69, 9.17) is 4.74 Å². The molecule has 13 heteroatoms. The van der Waals surface area contributed by atoms with Crippen molar-refractivity contribution in [3.8, 4) is 5.75 Å². The Balaban J connectivity index is 1.73. The van der Waals surface area contributed by atoms with E-state index in [9.17, 15) is 27.9 Å². The van der Waals surface area contributed by atoms with Gasteiger partial charge in [0.2, 0.25) is 5.54 Å². The zero-order valence-electron chi connectivity index (χ0n) is 23.8. The van der Waals surface area contributed by atoms with Gasteiger partial charge in [0.25, 0.3) is 10.0 Å². The van der Waals surface area contributed by atoms with E-state index in [2.05, 4.69) is 10.2 Å². The maximum absolute atomic E-state index is 14.1. The van der Waals surface area contributed by atoms with Crippen LogP contribution < -0.4 is 14.4 Å². The van der Waals surface area contributed by atoms with Crippen molar-refractivity contribution in [1.29, 1.82) is 0 Å². The summed E-state index contributed by atoms with van der Waals surface area (Å²) in [5, 5.41) is 12.7. The molecule has 2 fully saturated rings. The smallest absolute Gasteiger partial charge is 0.415 e. The van der Waals surface area contributed by atoms with E-state index in [1.165, 1.54) is 48.2 Å². The molecule has 0 unspecified atom stereocenters. The number of sulfonamides is 1. The van der Waals surface area contributed by atoms with Gasteiger partial charge in [-0.15, -0.1) is 11.8 Å². The normalized spacial score (nSPS) is 20.7. The lowest BCUT2D eigenvalue weighted by Gasteiger charge is -2.38. The molecule has 2 N–H and O–H groups in total. The number of amides is 1. The first-order valence-electron chi connectivity index (χ1n) is 13.2. The number of anilines is 1. The molecule has 2 aliphatic rings. The van der Waals surface area contributed by atoms with E-state index in [-0.39, 0.29) is 16.3 Å². The Morgan fingerprint density at radius 1 is 1.05 bits per heavy atom.